The van der Waals surface area contributed by atoms with Crippen LogP contribution in [0.15, 0.2) is 176 Å². The van der Waals surface area contributed by atoms with Crippen LogP contribution in [0.3, 0.4) is 0 Å². The van der Waals surface area contributed by atoms with E-state index < -0.39 is 0 Å². The Morgan fingerprint density at radius 1 is 0.388 bits per heavy atom. The van der Waals surface area contributed by atoms with Gasteiger partial charge in [0, 0.05) is 44.0 Å². The highest BCUT2D eigenvalue weighted by molar-refractivity contribution is 6.14. The summed E-state index contributed by atoms with van der Waals surface area (Å²) in [5, 5.41) is 14.5. The molecule has 230 valence electrons. The lowest BCUT2D eigenvalue weighted by Gasteiger charge is -2.14. The van der Waals surface area contributed by atoms with Crippen LogP contribution in [-0.2, 0) is 0 Å². The summed E-state index contributed by atoms with van der Waals surface area (Å²) in [5.41, 5.74) is 11.6. The number of rotatable bonds is 5. The standard InChI is InChI=1S/C44H29N5/c1-3-15-30(16-4-1)43-42(45-46-49(43)31-17-5-2-6-18-31)38-25-14-24-37-36-23-9-12-28-41(36)48(44(37)38)33-20-13-19-32(29-33)47-39-26-10-7-21-34(39)35-22-8-11-27-40(35)47/h1-29H. The number of fused-ring (bicyclic) bond motifs is 6. The van der Waals surface area contributed by atoms with E-state index in [4.69, 9.17) is 10.3 Å². The van der Waals surface area contributed by atoms with Crippen LogP contribution in [0.2, 0.25) is 0 Å². The molecule has 0 aliphatic heterocycles. The molecule has 0 amide bonds. The van der Waals surface area contributed by atoms with Gasteiger partial charge >= 0.3 is 0 Å². The Kier molecular flexibility index (Phi) is 6.11. The van der Waals surface area contributed by atoms with Crippen molar-refractivity contribution in [3.8, 4) is 39.6 Å². The van der Waals surface area contributed by atoms with Gasteiger partial charge in [0.15, 0.2) is 0 Å². The summed E-state index contributed by atoms with van der Waals surface area (Å²) < 4.78 is 6.73. The summed E-state index contributed by atoms with van der Waals surface area (Å²) in [7, 11) is 0. The number of benzene rings is 7. The molecule has 7 aromatic carbocycles. The molecule has 10 aromatic rings. The predicted octanol–water partition coefficient (Wildman–Crippen LogP) is 10.8. The Labute approximate surface area is 282 Å². The zero-order valence-electron chi connectivity index (χ0n) is 26.5. The van der Waals surface area contributed by atoms with E-state index in [1.54, 1.807) is 0 Å². The van der Waals surface area contributed by atoms with E-state index in [0.29, 0.717) is 0 Å². The quantitative estimate of drug-likeness (QED) is 0.190. The van der Waals surface area contributed by atoms with Crippen LogP contribution in [0, 0.1) is 0 Å². The first-order valence-electron chi connectivity index (χ1n) is 16.5. The van der Waals surface area contributed by atoms with E-state index in [1.165, 1.54) is 32.6 Å². The van der Waals surface area contributed by atoms with Gasteiger partial charge in [-0.15, -0.1) is 5.10 Å². The molecule has 49 heavy (non-hydrogen) atoms. The lowest BCUT2D eigenvalue weighted by atomic mass is 10.0. The van der Waals surface area contributed by atoms with E-state index in [-0.39, 0.29) is 0 Å². The smallest absolute Gasteiger partial charge is 0.123 e. The Bertz CT molecular complexity index is 2770. The van der Waals surface area contributed by atoms with Crippen LogP contribution < -0.4 is 0 Å². The Morgan fingerprint density at radius 3 is 1.55 bits per heavy atom. The van der Waals surface area contributed by atoms with E-state index in [1.807, 2.05) is 28.9 Å². The van der Waals surface area contributed by atoms with Gasteiger partial charge < -0.3 is 9.13 Å². The number of hydrogen-bond donors (Lipinski definition) is 0. The molecule has 0 fully saturated rings. The monoisotopic (exact) mass is 627 g/mol. The second-order valence-corrected chi connectivity index (χ2v) is 12.3. The molecule has 0 N–H and O–H groups in total. The average Bonchev–Trinajstić information content (AvgIpc) is 3.86. The third kappa shape index (κ3) is 4.19. The largest absolute Gasteiger partial charge is 0.309 e. The van der Waals surface area contributed by atoms with Crippen LogP contribution in [0.1, 0.15) is 0 Å². The maximum atomic E-state index is 4.92. The van der Waals surface area contributed by atoms with Crippen molar-refractivity contribution >= 4 is 43.6 Å². The lowest BCUT2D eigenvalue weighted by Crippen LogP contribution is -2.00. The highest BCUT2D eigenvalue weighted by Gasteiger charge is 2.23. The first-order chi connectivity index (χ1) is 24.3. The molecule has 0 aliphatic carbocycles. The van der Waals surface area contributed by atoms with Crippen molar-refractivity contribution in [1.29, 1.82) is 0 Å². The van der Waals surface area contributed by atoms with Crippen molar-refractivity contribution in [3.05, 3.63) is 176 Å². The van der Waals surface area contributed by atoms with Crippen molar-refractivity contribution in [2.45, 2.75) is 0 Å². The Hall–Kier alpha value is -6.72. The summed E-state index contributed by atoms with van der Waals surface area (Å²) in [6.45, 7) is 0. The van der Waals surface area contributed by atoms with E-state index in [0.717, 1.165) is 50.6 Å². The molecular weight excluding hydrogens is 599 g/mol. The highest BCUT2D eigenvalue weighted by atomic mass is 15.4. The molecule has 3 aromatic heterocycles. The summed E-state index contributed by atoms with van der Waals surface area (Å²) in [6, 6.07) is 62.1. The van der Waals surface area contributed by atoms with Gasteiger partial charge in [-0.1, -0.05) is 133 Å². The number of nitrogens with zero attached hydrogens (tertiary/aromatic N) is 5. The summed E-state index contributed by atoms with van der Waals surface area (Å²) in [5.74, 6) is 0. The zero-order chi connectivity index (χ0) is 32.3. The van der Waals surface area contributed by atoms with Crippen molar-refractivity contribution in [2.24, 2.45) is 0 Å². The third-order valence-electron chi connectivity index (χ3n) is 9.59. The molecular formula is C44H29N5. The molecule has 0 unspecified atom stereocenters. The van der Waals surface area contributed by atoms with Crippen LogP contribution in [0.25, 0.3) is 83.2 Å². The SMILES string of the molecule is c1ccc(-c2c(-c3cccc4c5ccccc5n(-c5cccc(-n6c7ccccc7c7ccccc76)c5)c34)nnn2-c2ccccc2)cc1. The zero-order valence-corrected chi connectivity index (χ0v) is 26.5. The molecule has 0 atom stereocenters. The van der Waals surface area contributed by atoms with Crippen molar-refractivity contribution < 1.29 is 0 Å². The van der Waals surface area contributed by atoms with Gasteiger partial charge in [0.25, 0.3) is 0 Å². The van der Waals surface area contributed by atoms with Gasteiger partial charge in [-0.05, 0) is 48.5 Å². The van der Waals surface area contributed by atoms with Gasteiger partial charge in [-0.25, -0.2) is 4.68 Å². The van der Waals surface area contributed by atoms with Gasteiger partial charge in [-0.2, -0.15) is 0 Å². The van der Waals surface area contributed by atoms with Gasteiger partial charge in [-0.3, -0.25) is 0 Å². The molecule has 0 radical (unpaired) electrons. The minimum atomic E-state index is 0.836. The Morgan fingerprint density at radius 2 is 0.878 bits per heavy atom. The first-order valence-corrected chi connectivity index (χ1v) is 16.5. The summed E-state index contributed by atoms with van der Waals surface area (Å²) in [4.78, 5) is 0. The minimum Gasteiger partial charge on any atom is -0.309 e. The fourth-order valence-electron chi connectivity index (χ4n) is 7.52. The molecule has 3 heterocycles. The van der Waals surface area contributed by atoms with Gasteiger partial charge in [0.05, 0.1) is 27.8 Å². The fraction of sp³-hybridized carbons (Fsp3) is 0. The Balaban J connectivity index is 1.27. The van der Waals surface area contributed by atoms with E-state index in [9.17, 15) is 0 Å². The molecule has 10 rings (SSSR count). The summed E-state index contributed by atoms with van der Waals surface area (Å²) >= 11 is 0. The first kappa shape index (κ1) is 27.4. The molecule has 5 nitrogen and oxygen atoms in total. The second kappa shape index (κ2) is 10.9. The maximum Gasteiger partial charge on any atom is 0.123 e. The molecule has 0 spiro atoms. The molecule has 0 bridgehead atoms. The van der Waals surface area contributed by atoms with Crippen molar-refractivity contribution in [1.82, 2.24) is 24.1 Å². The van der Waals surface area contributed by atoms with Crippen molar-refractivity contribution in [3.63, 3.8) is 0 Å². The highest BCUT2D eigenvalue weighted by Crippen LogP contribution is 2.41. The third-order valence-corrected chi connectivity index (χ3v) is 9.59. The molecule has 0 saturated carbocycles. The average molecular weight is 628 g/mol. The fourth-order valence-corrected chi connectivity index (χ4v) is 7.52. The topological polar surface area (TPSA) is 40.6 Å². The van der Waals surface area contributed by atoms with Crippen LogP contribution >= 0.6 is 0 Å². The molecule has 0 saturated heterocycles. The van der Waals surface area contributed by atoms with Crippen molar-refractivity contribution in [2.75, 3.05) is 0 Å². The summed E-state index contributed by atoms with van der Waals surface area (Å²) in [6.07, 6.45) is 0. The van der Waals surface area contributed by atoms with E-state index >= 15 is 0 Å². The maximum absolute atomic E-state index is 4.92. The molecule has 0 aliphatic rings. The number of aromatic nitrogens is 5. The predicted molar refractivity (Wildman–Crippen MR) is 201 cm³/mol. The van der Waals surface area contributed by atoms with Gasteiger partial charge in [0.1, 0.15) is 11.4 Å². The number of para-hydroxylation sites is 5. The normalized spacial score (nSPS) is 11.7. The lowest BCUT2D eigenvalue weighted by molar-refractivity contribution is 0.808. The number of hydrogen-bond acceptors (Lipinski definition) is 2. The second-order valence-electron chi connectivity index (χ2n) is 12.3. The van der Waals surface area contributed by atoms with Crippen LogP contribution in [0.5, 0.6) is 0 Å². The van der Waals surface area contributed by atoms with E-state index in [2.05, 4.69) is 161 Å². The minimum absolute atomic E-state index is 0.836. The van der Waals surface area contributed by atoms with Crippen LogP contribution in [0.4, 0.5) is 0 Å². The van der Waals surface area contributed by atoms with Gasteiger partial charge in [0.2, 0.25) is 0 Å². The van der Waals surface area contributed by atoms with Crippen LogP contribution in [-0.4, -0.2) is 24.1 Å². The molecule has 5 heteroatoms.